The SMILES string of the molecule is COc1cc2nc3ccccc3sc-2c(OC)c1=O. The van der Waals surface area contributed by atoms with E-state index in [0.717, 1.165) is 15.1 Å². The highest BCUT2D eigenvalue weighted by atomic mass is 32.1. The summed E-state index contributed by atoms with van der Waals surface area (Å²) in [6.07, 6.45) is 0. The molecule has 0 unspecified atom stereocenters. The first-order valence-electron chi connectivity index (χ1n) is 5.69. The summed E-state index contributed by atoms with van der Waals surface area (Å²) in [5.41, 5.74) is 1.35. The van der Waals surface area contributed by atoms with Crippen LogP contribution in [0.4, 0.5) is 0 Å². The quantitative estimate of drug-likeness (QED) is 0.674. The first kappa shape index (κ1) is 11.9. The molecule has 0 aromatic heterocycles. The second-order valence-corrected chi connectivity index (χ2v) is 5.02. The van der Waals surface area contributed by atoms with Crippen LogP contribution in [0.1, 0.15) is 0 Å². The summed E-state index contributed by atoms with van der Waals surface area (Å²) in [5.74, 6) is 0.539. The van der Waals surface area contributed by atoms with Gasteiger partial charge in [0, 0.05) is 6.07 Å². The normalized spacial score (nSPS) is 10.8. The number of fused-ring (bicyclic) bond motifs is 2. The molecule has 0 bridgehead atoms. The van der Waals surface area contributed by atoms with Gasteiger partial charge in [-0.05, 0) is 12.1 Å². The van der Waals surface area contributed by atoms with Crippen LogP contribution in [0.15, 0.2) is 35.1 Å². The van der Waals surface area contributed by atoms with E-state index in [4.69, 9.17) is 9.47 Å². The Morgan fingerprint density at radius 1 is 1.16 bits per heavy atom. The summed E-state index contributed by atoms with van der Waals surface area (Å²) >= 11 is 1.49. The molecule has 4 nitrogen and oxygen atoms in total. The highest BCUT2D eigenvalue weighted by Crippen LogP contribution is 2.37. The molecule has 3 rings (SSSR count). The smallest absolute Gasteiger partial charge is 0.263 e. The van der Waals surface area contributed by atoms with E-state index in [9.17, 15) is 4.79 Å². The maximum absolute atomic E-state index is 12.1. The Balaban J connectivity index is 2.47. The molecule has 19 heavy (non-hydrogen) atoms. The van der Waals surface area contributed by atoms with E-state index < -0.39 is 0 Å². The zero-order valence-electron chi connectivity index (χ0n) is 10.5. The number of para-hydroxylation sites is 1. The van der Waals surface area contributed by atoms with E-state index in [1.807, 2.05) is 24.3 Å². The number of ether oxygens (including phenoxy) is 2. The average Bonchev–Trinajstić information content (AvgIpc) is 2.45. The molecule has 0 saturated carbocycles. The molecule has 0 spiro atoms. The zero-order valence-corrected chi connectivity index (χ0v) is 11.3. The van der Waals surface area contributed by atoms with Crippen molar-refractivity contribution in [3.8, 4) is 22.1 Å². The Morgan fingerprint density at radius 3 is 2.68 bits per heavy atom. The molecule has 0 atom stereocenters. The fourth-order valence-corrected chi connectivity index (χ4v) is 3.04. The van der Waals surface area contributed by atoms with Gasteiger partial charge in [0.05, 0.1) is 35.0 Å². The van der Waals surface area contributed by atoms with E-state index in [1.54, 1.807) is 6.07 Å². The Hall–Kier alpha value is -2.14. The van der Waals surface area contributed by atoms with Gasteiger partial charge in [0.25, 0.3) is 5.43 Å². The molecule has 0 saturated heterocycles. The lowest BCUT2D eigenvalue weighted by atomic mass is 10.2. The maximum atomic E-state index is 12.1. The van der Waals surface area contributed by atoms with Crippen molar-refractivity contribution >= 4 is 21.6 Å². The standard InChI is InChI=1S/C14H11NO3S/c1-17-10-7-9-14(13(18-2)12(10)16)19-11-6-4-3-5-8(11)15-9/h3-7H,1-2H3. The number of methoxy groups -OCH3 is 2. The number of hydrogen-bond donors (Lipinski definition) is 0. The molecule has 0 amide bonds. The highest BCUT2D eigenvalue weighted by Gasteiger charge is 2.19. The summed E-state index contributed by atoms with van der Waals surface area (Å²) in [6.45, 7) is 0. The van der Waals surface area contributed by atoms with Crippen molar-refractivity contribution in [2.45, 2.75) is 0 Å². The minimum atomic E-state index is -0.245. The molecule has 1 aromatic carbocycles. The van der Waals surface area contributed by atoms with Crippen molar-refractivity contribution < 1.29 is 9.47 Å². The number of aromatic nitrogens is 1. The van der Waals surface area contributed by atoms with Gasteiger partial charge in [0.1, 0.15) is 0 Å². The molecule has 2 aliphatic rings. The van der Waals surface area contributed by atoms with Crippen LogP contribution >= 0.6 is 11.3 Å². The summed E-state index contributed by atoms with van der Waals surface area (Å²) in [5, 5.41) is 0. The van der Waals surface area contributed by atoms with Crippen LogP contribution in [-0.4, -0.2) is 19.2 Å². The summed E-state index contributed by atoms with van der Waals surface area (Å²) < 4.78 is 11.3. The third-order valence-electron chi connectivity index (χ3n) is 2.88. The Kier molecular flexibility index (Phi) is 2.83. The molecule has 0 fully saturated rings. The Bertz CT molecular complexity index is 781. The number of rotatable bonds is 2. The van der Waals surface area contributed by atoms with Gasteiger partial charge >= 0.3 is 0 Å². The van der Waals surface area contributed by atoms with Crippen molar-refractivity contribution in [2.75, 3.05) is 14.2 Å². The van der Waals surface area contributed by atoms with E-state index >= 15 is 0 Å². The number of hydrogen-bond acceptors (Lipinski definition) is 5. The van der Waals surface area contributed by atoms with E-state index in [2.05, 4.69) is 4.98 Å². The fraction of sp³-hybridized carbons (Fsp3) is 0.143. The van der Waals surface area contributed by atoms with Gasteiger partial charge in [0.2, 0.25) is 0 Å². The topological polar surface area (TPSA) is 48.4 Å². The van der Waals surface area contributed by atoms with Crippen LogP contribution in [0.25, 0.3) is 20.8 Å². The summed E-state index contributed by atoms with van der Waals surface area (Å²) in [4.78, 5) is 17.4. The van der Waals surface area contributed by atoms with Gasteiger partial charge in [-0.1, -0.05) is 12.1 Å². The molecular weight excluding hydrogens is 262 g/mol. The molecule has 5 heteroatoms. The van der Waals surface area contributed by atoms with Crippen molar-refractivity contribution in [3.63, 3.8) is 0 Å². The minimum absolute atomic E-state index is 0.245. The van der Waals surface area contributed by atoms with Gasteiger partial charge in [0.15, 0.2) is 11.5 Å². The third kappa shape index (κ3) is 1.82. The largest absolute Gasteiger partial charge is 0.492 e. The molecule has 96 valence electrons. The molecule has 1 aliphatic heterocycles. The third-order valence-corrected chi connectivity index (χ3v) is 4.04. The van der Waals surface area contributed by atoms with E-state index in [-0.39, 0.29) is 16.9 Å². The predicted octanol–water partition coefficient (Wildman–Crippen LogP) is 2.78. The van der Waals surface area contributed by atoms with Crippen LogP contribution in [0.2, 0.25) is 0 Å². The Labute approximate surface area is 113 Å². The van der Waals surface area contributed by atoms with Crippen LogP contribution in [-0.2, 0) is 0 Å². The van der Waals surface area contributed by atoms with Crippen molar-refractivity contribution in [3.05, 3.63) is 40.6 Å². The second-order valence-electron chi connectivity index (χ2n) is 3.97. The summed E-state index contributed by atoms with van der Waals surface area (Å²) in [7, 11) is 2.95. The monoisotopic (exact) mass is 273 g/mol. The average molecular weight is 273 g/mol. The van der Waals surface area contributed by atoms with Crippen molar-refractivity contribution in [1.29, 1.82) is 0 Å². The molecule has 0 radical (unpaired) electrons. The van der Waals surface area contributed by atoms with Crippen LogP contribution < -0.4 is 14.9 Å². The van der Waals surface area contributed by atoms with Gasteiger partial charge in [-0.2, -0.15) is 0 Å². The lowest BCUT2D eigenvalue weighted by Gasteiger charge is -2.11. The molecular formula is C14H11NO3S. The number of benzene rings is 2. The number of nitrogens with zero attached hydrogens (tertiary/aromatic N) is 1. The van der Waals surface area contributed by atoms with Gasteiger partial charge in [-0.3, -0.25) is 4.79 Å². The minimum Gasteiger partial charge on any atom is -0.492 e. The zero-order chi connectivity index (χ0) is 13.4. The van der Waals surface area contributed by atoms with E-state index in [0.29, 0.717) is 5.69 Å². The molecule has 1 aromatic rings. The predicted molar refractivity (Wildman–Crippen MR) is 75.6 cm³/mol. The fourth-order valence-electron chi connectivity index (χ4n) is 1.98. The maximum Gasteiger partial charge on any atom is 0.263 e. The Morgan fingerprint density at radius 2 is 1.95 bits per heavy atom. The van der Waals surface area contributed by atoms with E-state index in [1.165, 1.54) is 25.6 Å². The first-order chi connectivity index (χ1) is 9.24. The molecule has 1 aliphatic carbocycles. The molecule has 0 N–H and O–H groups in total. The van der Waals surface area contributed by atoms with Gasteiger partial charge in [-0.15, -0.1) is 11.3 Å². The van der Waals surface area contributed by atoms with Crippen molar-refractivity contribution in [2.24, 2.45) is 0 Å². The van der Waals surface area contributed by atoms with Gasteiger partial charge < -0.3 is 9.47 Å². The molecule has 1 heterocycles. The van der Waals surface area contributed by atoms with Crippen molar-refractivity contribution in [1.82, 2.24) is 4.98 Å². The van der Waals surface area contributed by atoms with Crippen LogP contribution in [0.5, 0.6) is 11.5 Å². The second kappa shape index (κ2) is 4.51. The van der Waals surface area contributed by atoms with Gasteiger partial charge in [-0.25, -0.2) is 4.98 Å². The summed E-state index contributed by atoms with van der Waals surface area (Å²) in [6, 6.07) is 9.45. The first-order valence-corrected chi connectivity index (χ1v) is 6.51. The van der Waals surface area contributed by atoms with Crippen LogP contribution in [0.3, 0.4) is 0 Å². The highest BCUT2D eigenvalue weighted by molar-refractivity contribution is 7.21. The lowest BCUT2D eigenvalue weighted by Crippen LogP contribution is -2.10. The lowest BCUT2D eigenvalue weighted by molar-refractivity contribution is 0.388. The van der Waals surface area contributed by atoms with Crippen LogP contribution in [0, 0.1) is 0 Å².